The van der Waals surface area contributed by atoms with E-state index in [9.17, 15) is 9.59 Å². The van der Waals surface area contributed by atoms with Gasteiger partial charge in [-0.2, -0.15) is 0 Å². The van der Waals surface area contributed by atoms with E-state index in [0.717, 1.165) is 18.7 Å². The summed E-state index contributed by atoms with van der Waals surface area (Å²) in [5, 5.41) is 0. The number of cyclic esters (lactones) is 1. The monoisotopic (exact) mass is 350 g/mol. The zero-order chi connectivity index (χ0) is 18.1. The molecule has 0 aromatic heterocycles. The second kappa shape index (κ2) is 6.83. The number of piperazine rings is 1. The molecule has 5 nitrogen and oxygen atoms in total. The van der Waals surface area contributed by atoms with E-state index in [0.29, 0.717) is 18.7 Å². The van der Waals surface area contributed by atoms with Crippen LogP contribution in [0.1, 0.15) is 34.0 Å². The quantitative estimate of drug-likeness (QED) is 0.799. The molecule has 5 heteroatoms. The van der Waals surface area contributed by atoms with Gasteiger partial charge < -0.3 is 14.5 Å². The number of benzene rings is 2. The highest BCUT2D eigenvalue weighted by Gasteiger charge is 2.33. The number of nitrogens with zero attached hydrogens (tertiary/aromatic N) is 2. The molecule has 2 heterocycles. The molecular formula is C21H22N2O3. The third-order valence-corrected chi connectivity index (χ3v) is 5.23. The molecule has 1 saturated heterocycles. The predicted octanol–water partition coefficient (Wildman–Crippen LogP) is 2.95. The highest BCUT2D eigenvalue weighted by Crippen LogP contribution is 2.33. The van der Waals surface area contributed by atoms with E-state index in [1.807, 2.05) is 35.2 Å². The van der Waals surface area contributed by atoms with Crippen molar-refractivity contribution in [3.8, 4) is 0 Å². The first-order valence-electron chi connectivity index (χ1n) is 9.02. The maximum Gasteiger partial charge on any atom is 0.339 e. The van der Waals surface area contributed by atoms with Gasteiger partial charge in [-0.15, -0.1) is 0 Å². The first kappa shape index (κ1) is 16.6. The third-order valence-electron chi connectivity index (χ3n) is 5.23. The molecule has 0 saturated carbocycles. The molecule has 1 fully saturated rings. The van der Waals surface area contributed by atoms with Crippen molar-refractivity contribution >= 4 is 17.6 Å². The van der Waals surface area contributed by atoms with Crippen LogP contribution in [0.2, 0.25) is 0 Å². The maximum absolute atomic E-state index is 12.7. The van der Waals surface area contributed by atoms with Crippen LogP contribution in [0.4, 0.5) is 5.69 Å². The Morgan fingerprint density at radius 3 is 2.50 bits per heavy atom. The summed E-state index contributed by atoms with van der Waals surface area (Å²) in [4.78, 5) is 28.8. The number of para-hydroxylation sites is 1. The van der Waals surface area contributed by atoms with Gasteiger partial charge in [-0.1, -0.05) is 36.4 Å². The van der Waals surface area contributed by atoms with E-state index in [1.165, 1.54) is 11.3 Å². The molecule has 2 aliphatic heterocycles. The number of hydrogen-bond donors (Lipinski definition) is 0. The molecule has 134 valence electrons. The number of rotatable bonds is 3. The Hall–Kier alpha value is -2.82. The fraction of sp³-hybridized carbons (Fsp3) is 0.333. The standard InChI is InChI=1S/C21H22N2O3/c1-15-6-2-5-9-18(15)22-10-12-23(13-11-22)20(24)14-19-16-7-3-4-8-17(16)21(25)26-19/h2-9,19H,10-14H2,1H3/t19-/m0/s1. The van der Waals surface area contributed by atoms with E-state index >= 15 is 0 Å². The van der Waals surface area contributed by atoms with Crippen LogP contribution in [0, 0.1) is 6.92 Å². The van der Waals surface area contributed by atoms with Gasteiger partial charge in [-0.25, -0.2) is 4.79 Å². The Labute approximate surface area is 153 Å². The van der Waals surface area contributed by atoms with Gasteiger partial charge in [0.15, 0.2) is 0 Å². The van der Waals surface area contributed by atoms with Crippen molar-refractivity contribution in [3.63, 3.8) is 0 Å². The lowest BCUT2D eigenvalue weighted by Gasteiger charge is -2.37. The maximum atomic E-state index is 12.7. The minimum Gasteiger partial charge on any atom is -0.453 e. The van der Waals surface area contributed by atoms with Gasteiger partial charge in [0.1, 0.15) is 6.10 Å². The van der Waals surface area contributed by atoms with Gasteiger partial charge >= 0.3 is 5.97 Å². The lowest BCUT2D eigenvalue weighted by atomic mass is 10.0. The van der Waals surface area contributed by atoms with Crippen LogP contribution in [0.3, 0.4) is 0 Å². The van der Waals surface area contributed by atoms with Crippen molar-refractivity contribution in [2.45, 2.75) is 19.4 Å². The summed E-state index contributed by atoms with van der Waals surface area (Å²) in [6.45, 7) is 5.12. The molecule has 0 radical (unpaired) electrons. The predicted molar refractivity (Wildman–Crippen MR) is 99.2 cm³/mol. The number of fused-ring (bicyclic) bond motifs is 1. The number of amides is 1. The zero-order valence-electron chi connectivity index (χ0n) is 14.9. The first-order chi connectivity index (χ1) is 12.6. The topological polar surface area (TPSA) is 49.9 Å². The molecule has 1 amide bonds. The average Bonchev–Trinajstić information content (AvgIpc) is 2.98. The molecule has 1 atom stereocenters. The molecular weight excluding hydrogens is 328 g/mol. The van der Waals surface area contributed by atoms with Crippen LogP contribution in [-0.4, -0.2) is 43.0 Å². The van der Waals surface area contributed by atoms with Crippen molar-refractivity contribution in [1.29, 1.82) is 0 Å². The van der Waals surface area contributed by atoms with Crippen LogP contribution >= 0.6 is 0 Å². The number of carbonyl (C=O) groups excluding carboxylic acids is 2. The molecule has 26 heavy (non-hydrogen) atoms. The van der Waals surface area contributed by atoms with Gasteiger partial charge in [0.25, 0.3) is 0 Å². The number of carbonyl (C=O) groups is 2. The summed E-state index contributed by atoms with van der Waals surface area (Å²) in [5.74, 6) is -0.285. The van der Waals surface area contributed by atoms with Gasteiger partial charge in [-0.05, 0) is 24.6 Å². The molecule has 2 aromatic carbocycles. The van der Waals surface area contributed by atoms with E-state index in [-0.39, 0.29) is 18.3 Å². The molecule has 0 spiro atoms. The van der Waals surface area contributed by atoms with Crippen LogP contribution in [-0.2, 0) is 9.53 Å². The highest BCUT2D eigenvalue weighted by atomic mass is 16.5. The van der Waals surface area contributed by atoms with Gasteiger partial charge in [0.05, 0.1) is 12.0 Å². The number of ether oxygens (including phenoxy) is 1. The number of aryl methyl sites for hydroxylation is 1. The van der Waals surface area contributed by atoms with Crippen LogP contribution in [0.5, 0.6) is 0 Å². The molecule has 4 rings (SSSR count). The smallest absolute Gasteiger partial charge is 0.339 e. The van der Waals surface area contributed by atoms with Crippen LogP contribution in [0.25, 0.3) is 0 Å². The van der Waals surface area contributed by atoms with Crippen molar-refractivity contribution in [2.24, 2.45) is 0 Å². The van der Waals surface area contributed by atoms with Crippen LogP contribution < -0.4 is 4.90 Å². The summed E-state index contributed by atoms with van der Waals surface area (Å²) >= 11 is 0. The van der Waals surface area contributed by atoms with Crippen molar-refractivity contribution < 1.29 is 14.3 Å². The van der Waals surface area contributed by atoms with Gasteiger partial charge in [-0.3, -0.25) is 4.79 Å². The van der Waals surface area contributed by atoms with Gasteiger partial charge in [0, 0.05) is 37.4 Å². The van der Waals surface area contributed by atoms with Crippen molar-refractivity contribution in [3.05, 3.63) is 65.2 Å². The summed E-state index contributed by atoms with van der Waals surface area (Å²) < 4.78 is 5.40. The summed E-state index contributed by atoms with van der Waals surface area (Å²) in [7, 11) is 0. The minimum absolute atomic E-state index is 0.0453. The fourth-order valence-electron chi connectivity index (χ4n) is 3.77. The Balaban J connectivity index is 1.38. The largest absolute Gasteiger partial charge is 0.453 e. The van der Waals surface area contributed by atoms with Gasteiger partial charge in [0.2, 0.25) is 5.91 Å². The Kier molecular flexibility index (Phi) is 4.37. The third kappa shape index (κ3) is 3.05. The normalized spacial score (nSPS) is 19.3. The number of esters is 1. The SMILES string of the molecule is Cc1ccccc1N1CCN(C(=O)C[C@@H]2OC(=O)c3ccccc32)CC1. The fourth-order valence-corrected chi connectivity index (χ4v) is 3.77. The van der Waals surface area contributed by atoms with E-state index in [1.54, 1.807) is 6.07 Å². The second-order valence-electron chi connectivity index (χ2n) is 6.84. The summed E-state index contributed by atoms with van der Waals surface area (Å²) in [5.41, 5.74) is 3.89. The summed E-state index contributed by atoms with van der Waals surface area (Å²) in [6, 6.07) is 15.6. The Bertz CT molecular complexity index is 841. The Morgan fingerprint density at radius 1 is 1.04 bits per heavy atom. The molecule has 0 unspecified atom stereocenters. The molecule has 2 aliphatic rings. The highest BCUT2D eigenvalue weighted by molar-refractivity contribution is 5.94. The minimum atomic E-state index is -0.458. The number of hydrogen-bond acceptors (Lipinski definition) is 4. The van der Waals surface area contributed by atoms with E-state index in [4.69, 9.17) is 4.74 Å². The summed E-state index contributed by atoms with van der Waals surface area (Å²) in [6.07, 6.45) is -0.242. The van der Waals surface area contributed by atoms with Crippen LogP contribution in [0.15, 0.2) is 48.5 Å². The van der Waals surface area contributed by atoms with E-state index in [2.05, 4.69) is 24.0 Å². The lowest BCUT2D eigenvalue weighted by molar-refractivity contribution is -0.133. The van der Waals surface area contributed by atoms with E-state index < -0.39 is 6.10 Å². The average molecular weight is 350 g/mol. The molecule has 0 aliphatic carbocycles. The zero-order valence-corrected chi connectivity index (χ0v) is 14.9. The lowest BCUT2D eigenvalue weighted by Crippen LogP contribution is -2.49. The molecule has 0 N–H and O–H groups in total. The number of anilines is 1. The molecule has 2 aromatic rings. The first-order valence-corrected chi connectivity index (χ1v) is 9.02. The second-order valence-corrected chi connectivity index (χ2v) is 6.84. The van der Waals surface area contributed by atoms with Crippen molar-refractivity contribution in [1.82, 2.24) is 4.90 Å². The Morgan fingerprint density at radius 2 is 1.73 bits per heavy atom. The van der Waals surface area contributed by atoms with Crippen molar-refractivity contribution in [2.75, 3.05) is 31.1 Å². The molecule has 0 bridgehead atoms.